The minimum Gasteiger partial charge on any atom is -0.379 e. The van der Waals surface area contributed by atoms with E-state index in [1.807, 2.05) is 13.8 Å². The van der Waals surface area contributed by atoms with Crippen molar-refractivity contribution in [2.24, 2.45) is 0 Å². The molecule has 0 aliphatic carbocycles. The van der Waals surface area contributed by atoms with Crippen molar-refractivity contribution in [2.75, 3.05) is 46.2 Å². The van der Waals surface area contributed by atoms with Gasteiger partial charge in [-0.25, -0.2) is 0 Å². The van der Waals surface area contributed by atoms with Crippen molar-refractivity contribution >= 4 is 9.39 Å². The quantitative estimate of drug-likeness (QED) is 0.450. The predicted molar refractivity (Wildman–Crippen MR) is 71.8 cm³/mol. The molecule has 0 spiro atoms. The van der Waals surface area contributed by atoms with E-state index in [9.17, 15) is 0 Å². The van der Waals surface area contributed by atoms with E-state index in [4.69, 9.17) is 14.2 Å². The summed E-state index contributed by atoms with van der Waals surface area (Å²) in [5.74, 6) is 0. The molecule has 1 unspecified atom stereocenters. The first kappa shape index (κ1) is 18.6. The van der Waals surface area contributed by atoms with Crippen molar-refractivity contribution in [2.45, 2.75) is 27.2 Å². The third-order valence-electron chi connectivity index (χ3n) is 1.48. The van der Waals surface area contributed by atoms with Gasteiger partial charge in [-0.3, -0.25) is 5.09 Å². The third-order valence-corrected chi connectivity index (χ3v) is 1.77. The zero-order valence-electron chi connectivity index (χ0n) is 11.0. The van der Waals surface area contributed by atoms with Crippen molar-refractivity contribution in [3.63, 3.8) is 0 Å². The lowest BCUT2D eigenvalue weighted by Gasteiger charge is -2.05. The molecule has 0 aromatic carbocycles. The highest BCUT2D eigenvalue weighted by Gasteiger charge is 1.90. The van der Waals surface area contributed by atoms with Crippen molar-refractivity contribution < 1.29 is 14.2 Å². The Bertz CT molecular complexity index is 95.2. The zero-order chi connectivity index (χ0) is 12.5. The molecule has 0 saturated heterocycles. The second-order valence-electron chi connectivity index (χ2n) is 2.79. The van der Waals surface area contributed by atoms with E-state index in [0.29, 0.717) is 26.4 Å². The lowest BCUT2D eigenvalue weighted by atomic mass is 10.5. The molecular weight excluding hydrogens is 225 g/mol. The van der Waals surface area contributed by atoms with Crippen LogP contribution in [0.15, 0.2) is 0 Å². The maximum Gasteiger partial charge on any atom is 0.0701 e. The summed E-state index contributed by atoms with van der Waals surface area (Å²) >= 11 is 0. The second-order valence-corrected chi connectivity index (χ2v) is 3.20. The van der Waals surface area contributed by atoms with Gasteiger partial charge in [0.15, 0.2) is 0 Å². The summed E-state index contributed by atoms with van der Waals surface area (Å²) in [6, 6.07) is 0. The SMILES string of the molecule is CC.CCCOCCOCCOCCNP. The maximum absolute atomic E-state index is 5.28. The molecule has 1 N–H and O–H groups in total. The van der Waals surface area contributed by atoms with E-state index in [0.717, 1.165) is 26.2 Å². The molecule has 0 aliphatic rings. The van der Waals surface area contributed by atoms with Crippen LogP contribution in [0.25, 0.3) is 0 Å². The summed E-state index contributed by atoms with van der Waals surface area (Å²) < 4.78 is 15.8. The fourth-order valence-corrected chi connectivity index (χ4v) is 0.935. The largest absolute Gasteiger partial charge is 0.379 e. The van der Waals surface area contributed by atoms with Gasteiger partial charge in [-0.15, -0.1) is 0 Å². The standard InChI is InChI=1S/C9H22NO3P.C2H6/c1-2-4-11-6-8-13-9-7-12-5-3-10-14;1-2/h10H,2-9,14H2,1H3;1-2H3. The van der Waals surface area contributed by atoms with Crippen LogP contribution < -0.4 is 5.09 Å². The first-order valence-corrected chi connectivity index (χ1v) is 6.66. The monoisotopic (exact) mass is 253 g/mol. The van der Waals surface area contributed by atoms with E-state index in [2.05, 4.69) is 21.4 Å². The number of rotatable bonds is 11. The number of hydrogen-bond donors (Lipinski definition) is 1. The maximum atomic E-state index is 5.28. The summed E-state index contributed by atoms with van der Waals surface area (Å²) in [7, 11) is 2.43. The molecule has 0 aromatic rings. The zero-order valence-corrected chi connectivity index (χ0v) is 12.1. The van der Waals surface area contributed by atoms with Gasteiger partial charge in [0, 0.05) is 13.2 Å². The highest BCUT2D eigenvalue weighted by Crippen LogP contribution is 1.83. The molecule has 100 valence electrons. The first-order chi connectivity index (χ1) is 7.91. The average Bonchev–Trinajstić information content (AvgIpc) is 2.34. The predicted octanol–water partition coefficient (Wildman–Crippen LogP) is 1.85. The van der Waals surface area contributed by atoms with Gasteiger partial charge >= 0.3 is 0 Å². The summed E-state index contributed by atoms with van der Waals surface area (Å²) in [6.45, 7) is 11.1. The molecule has 0 aromatic heterocycles. The molecule has 4 nitrogen and oxygen atoms in total. The molecule has 0 fully saturated rings. The molecule has 0 radical (unpaired) electrons. The van der Waals surface area contributed by atoms with E-state index < -0.39 is 0 Å². The van der Waals surface area contributed by atoms with Gasteiger partial charge in [-0.05, 0) is 6.42 Å². The van der Waals surface area contributed by atoms with Crippen LogP contribution in [0.4, 0.5) is 0 Å². The molecule has 0 heterocycles. The smallest absolute Gasteiger partial charge is 0.0701 e. The van der Waals surface area contributed by atoms with Crippen molar-refractivity contribution in [3.8, 4) is 0 Å². The summed E-state index contributed by atoms with van der Waals surface area (Å²) in [6.07, 6.45) is 1.06. The van der Waals surface area contributed by atoms with Gasteiger partial charge in [-0.2, -0.15) is 0 Å². The fraction of sp³-hybridized carbons (Fsp3) is 1.00. The molecule has 0 amide bonds. The highest BCUT2D eigenvalue weighted by molar-refractivity contribution is 7.13. The Labute approximate surface area is 103 Å². The van der Waals surface area contributed by atoms with Gasteiger partial charge in [0.1, 0.15) is 0 Å². The molecule has 0 bridgehead atoms. The lowest BCUT2D eigenvalue weighted by molar-refractivity contribution is 0.0158. The Kier molecular flexibility index (Phi) is 24.0. The Balaban J connectivity index is 0. The van der Waals surface area contributed by atoms with E-state index in [1.165, 1.54) is 0 Å². The molecule has 16 heavy (non-hydrogen) atoms. The summed E-state index contributed by atoms with van der Waals surface area (Å²) in [4.78, 5) is 0. The second kappa shape index (κ2) is 20.7. The molecule has 5 heteroatoms. The van der Waals surface area contributed by atoms with Crippen LogP contribution in [-0.2, 0) is 14.2 Å². The molecule has 0 rings (SSSR count). The van der Waals surface area contributed by atoms with Crippen LogP contribution in [0.1, 0.15) is 27.2 Å². The van der Waals surface area contributed by atoms with Gasteiger partial charge in [0.05, 0.1) is 33.0 Å². The number of ether oxygens (including phenoxy) is 3. The normalized spacial score (nSPS) is 9.75. The van der Waals surface area contributed by atoms with Crippen molar-refractivity contribution in [1.82, 2.24) is 5.09 Å². The lowest BCUT2D eigenvalue weighted by Crippen LogP contribution is -2.13. The van der Waals surface area contributed by atoms with Crippen LogP contribution >= 0.6 is 9.39 Å². The molecular formula is C11H28NO3P. The minimum absolute atomic E-state index is 0.645. The van der Waals surface area contributed by atoms with Gasteiger partial charge in [0.2, 0.25) is 0 Å². The van der Waals surface area contributed by atoms with Gasteiger partial charge in [-0.1, -0.05) is 30.2 Å². The average molecular weight is 253 g/mol. The highest BCUT2D eigenvalue weighted by atomic mass is 31.0. The molecule has 1 atom stereocenters. The van der Waals surface area contributed by atoms with E-state index in [1.54, 1.807) is 0 Å². The Morgan fingerprint density at radius 3 is 1.69 bits per heavy atom. The minimum atomic E-state index is 0.645. The van der Waals surface area contributed by atoms with Crippen LogP contribution in [0, 0.1) is 0 Å². The molecule has 0 aliphatic heterocycles. The van der Waals surface area contributed by atoms with Gasteiger partial charge < -0.3 is 14.2 Å². The number of nitrogens with one attached hydrogen (secondary N) is 1. The fourth-order valence-electron chi connectivity index (χ4n) is 0.817. The third kappa shape index (κ3) is 19.8. The van der Waals surface area contributed by atoms with Crippen molar-refractivity contribution in [1.29, 1.82) is 0 Å². The van der Waals surface area contributed by atoms with E-state index >= 15 is 0 Å². The van der Waals surface area contributed by atoms with Crippen LogP contribution in [-0.4, -0.2) is 46.2 Å². The Hall–Kier alpha value is 0.270. The van der Waals surface area contributed by atoms with Crippen molar-refractivity contribution in [3.05, 3.63) is 0 Å². The summed E-state index contributed by atoms with van der Waals surface area (Å²) in [5, 5.41) is 2.92. The Morgan fingerprint density at radius 2 is 1.25 bits per heavy atom. The van der Waals surface area contributed by atoms with Crippen LogP contribution in [0.2, 0.25) is 0 Å². The van der Waals surface area contributed by atoms with E-state index in [-0.39, 0.29) is 0 Å². The molecule has 0 saturated carbocycles. The number of hydrogen-bond acceptors (Lipinski definition) is 4. The Morgan fingerprint density at radius 1 is 0.812 bits per heavy atom. The topological polar surface area (TPSA) is 39.7 Å². The van der Waals surface area contributed by atoms with Crippen LogP contribution in [0.3, 0.4) is 0 Å². The first-order valence-electron chi connectivity index (χ1n) is 6.08. The van der Waals surface area contributed by atoms with Crippen LogP contribution in [0.5, 0.6) is 0 Å². The summed E-state index contributed by atoms with van der Waals surface area (Å²) in [5.41, 5.74) is 0. The van der Waals surface area contributed by atoms with Gasteiger partial charge in [0.25, 0.3) is 0 Å².